The van der Waals surface area contributed by atoms with Crippen molar-refractivity contribution in [1.82, 2.24) is 15.0 Å². The maximum absolute atomic E-state index is 13.2. The molecule has 0 atom stereocenters. The SMILES string of the molecule is O=C(c1ccc(F)c(F)c1)c1cnn(-c2ccccc2)n1. The number of nitrogens with zero attached hydrogens (tertiary/aromatic N) is 3. The minimum absolute atomic E-state index is 0.0222. The topological polar surface area (TPSA) is 47.8 Å². The number of hydrogen-bond acceptors (Lipinski definition) is 3. The summed E-state index contributed by atoms with van der Waals surface area (Å²) in [6.07, 6.45) is 1.29. The van der Waals surface area contributed by atoms with Gasteiger partial charge in [0.25, 0.3) is 0 Å². The van der Waals surface area contributed by atoms with Crippen LogP contribution < -0.4 is 0 Å². The second kappa shape index (κ2) is 5.24. The Kier molecular flexibility index (Phi) is 3.27. The highest BCUT2D eigenvalue weighted by atomic mass is 19.2. The first-order valence-electron chi connectivity index (χ1n) is 6.12. The fourth-order valence-corrected chi connectivity index (χ4v) is 1.84. The quantitative estimate of drug-likeness (QED) is 0.695. The smallest absolute Gasteiger partial charge is 0.215 e. The van der Waals surface area contributed by atoms with Gasteiger partial charge >= 0.3 is 0 Å². The molecule has 0 aliphatic heterocycles. The Morgan fingerprint density at radius 1 is 1.00 bits per heavy atom. The summed E-state index contributed by atoms with van der Waals surface area (Å²) in [6, 6.07) is 12.0. The first-order valence-corrected chi connectivity index (χ1v) is 6.12. The molecule has 21 heavy (non-hydrogen) atoms. The van der Waals surface area contributed by atoms with Gasteiger partial charge in [0.2, 0.25) is 5.78 Å². The molecule has 4 nitrogen and oxygen atoms in total. The van der Waals surface area contributed by atoms with Gasteiger partial charge in [-0.2, -0.15) is 9.90 Å². The molecule has 0 bridgehead atoms. The Morgan fingerprint density at radius 2 is 1.76 bits per heavy atom. The van der Waals surface area contributed by atoms with Crippen molar-refractivity contribution in [3.63, 3.8) is 0 Å². The van der Waals surface area contributed by atoms with Crippen molar-refractivity contribution in [3.05, 3.63) is 77.6 Å². The van der Waals surface area contributed by atoms with Crippen LogP contribution in [0, 0.1) is 11.6 Å². The van der Waals surface area contributed by atoms with Crippen LogP contribution in [0.5, 0.6) is 0 Å². The Hall–Kier alpha value is -2.89. The molecule has 0 radical (unpaired) electrons. The Balaban J connectivity index is 1.92. The normalized spacial score (nSPS) is 10.6. The highest BCUT2D eigenvalue weighted by Crippen LogP contribution is 2.13. The van der Waals surface area contributed by atoms with E-state index in [-0.39, 0.29) is 11.3 Å². The molecule has 1 heterocycles. The van der Waals surface area contributed by atoms with Crippen molar-refractivity contribution in [2.45, 2.75) is 0 Å². The number of carbonyl (C=O) groups is 1. The van der Waals surface area contributed by atoms with Crippen LogP contribution in [0.25, 0.3) is 5.69 Å². The summed E-state index contributed by atoms with van der Waals surface area (Å²) in [5.74, 6) is -2.59. The monoisotopic (exact) mass is 285 g/mol. The van der Waals surface area contributed by atoms with Crippen molar-refractivity contribution in [1.29, 1.82) is 0 Å². The number of rotatable bonds is 3. The minimum atomic E-state index is -1.07. The van der Waals surface area contributed by atoms with Crippen LogP contribution in [0.15, 0.2) is 54.7 Å². The zero-order valence-electron chi connectivity index (χ0n) is 10.7. The molecule has 0 aliphatic carbocycles. The highest BCUT2D eigenvalue weighted by molar-refractivity contribution is 6.07. The summed E-state index contributed by atoms with van der Waals surface area (Å²) >= 11 is 0. The van der Waals surface area contributed by atoms with E-state index < -0.39 is 17.4 Å². The van der Waals surface area contributed by atoms with Gasteiger partial charge in [-0.05, 0) is 30.3 Å². The second-order valence-corrected chi connectivity index (χ2v) is 4.31. The van der Waals surface area contributed by atoms with Crippen LogP contribution in [0.2, 0.25) is 0 Å². The highest BCUT2D eigenvalue weighted by Gasteiger charge is 2.15. The molecule has 6 heteroatoms. The van der Waals surface area contributed by atoms with Gasteiger partial charge in [-0.3, -0.25) is 4.79 Å². The third-order valence-corrected chi connectivity index (χ3v) is 2.89. The summed E-state index contributed by atoms with van der Waals surface area (Å²) in [4.78, 5) is 13.4. The fourth-order valence-electron chi connectivity index (χ4n) is 1.84. The lowest BCUT2D eigenvalue weighted by Gasteiger charge is -1.99. The Morgan fingerprint density at radius 3 is 2.48 bits per heavy atom. The molecule has 0 saturated carbocycles. The van der Waals surface area contributed by atoms with Gasteiger partial charge in [-0.25, -0.2) is 8.78 Å². The van der Waals surface area contributed by atoms with Gasteiger partial charge in [0.05, 0.1) is 11.9 Å². The van der Waals surface area contributed by atoms with E-state index in [1.54, 1.807) is 12.1 Å². The predicted octanol–water partition coefficient (Wildman–Crippen LogP) is 2.78. The number of carbonyl (C=O) groups excluding carboxylic acids is 1. The number of hydrogen-bond donors (Lipinski definition) is 0. The van der Waals surface area contributed by atoms with E-state index in [0.29, 0.717) is 5.69 Å². The minimum Gasteiger partial charge on any atom is -0.287 e. The standard InChI is InChI=1S/C15H9F2N3O/c16-12-7-6-10(8-13(12)17)15(21)14-9-18-20(19-14)11-4-2-1-3-5-11/h1-9H. The lowest BCUT2D eigenvalue weighted by atomic mass is 10.1. The molecular formula is C15H9F2N3O. The van der Waals surface area contributed by atoms with Gasteiger partial charge in [-0.1, -0.05) is 18.2 Å². The van der Waals surface area contributed by atoms with Crippen molar-refractivity contribution < 1.29 is 13.6 Å². The van der Waals surface area contributed by atoms with Crippen LogP contribution >= 0.6 is 0 Å². The molecule has 2 aromatic carbocycles. The first-order chi connectivity index (χ1) is 10.1. The molecule has 0 spiro atoms. The van der Waals surface area contributed by atoms with E-state index >= 15 is 0 Å². The maximum atomic E-state index is 13.2. The van der Waals surface area contributed by atoms with E-state index in [1.807, 2.05) is 18.2 Å². The lowest BCUT2D eigenvalue weighted by molar-refractivity contribution is 0.103. The average Bonchev–Trinajstić information content (AvgIpc) is 3.00. The van der Waals surface area contributed by atoms with E-state index in [1.165, 1.54) is 17.1 Å². The van der Waals surface area contributed by atoms with Crippen LogP contribution in [0.3, 0.4) is 0 Å². The third-order valence-electron chi connectivity index (χ3n) is 2.89. The second-order valence-electron chi connectivity index (χ2n) is 4.31. The molecule has 0 fully saturated rings. The molecule has 0 amide bonds. The van der Waals surface area contributed by atoms with Gasteiger partial charge < -0.3 is 0 Å². The number of para-hydroxylation sites is 1. The van der Waals surface area contributed by atoms with E-state index in [4.69, 9.17) is 0 Å². The van der Waals surface area contributed by atoms with Gasteiger partial charge in [0.15, 0.2) is 17.3 Å². The molecule has 0 aliphatic rings. The number of halogens is 2. The van der Waals surface area contributed by atoms with Gasteiger partial charge in [-0.15, -0.1) is 5.10 Å². The zero-order chi connectivity index (χ0) is 14.8. The molecule has 0 saturated heterocycles. The molecule has 3 aromatic rings. The zero-order valence-corrected chi connectivity index (χ0v) is 10.7. The van der Waals surface area contributed by atoms with Crippen LogP contribution in [0.4, 0.5) is 8.78 Å². The van der Waals surface area contributed by atoms with Gasteiger partial charge in [0.1, 0.15) is 0 Å². The lowest BCUT2D eigenvalue weighted by Crippen LogP contribution is -2.05. The van der Waals surface area contributed by atoms with E-state index in [0.717, 1.165) is 12.1 Å². The summed E-state index contributed by atoms with van der Waals surface area (Å²) in [5.41, 5.74) is 0.778. The summed E-state index contributed by atoms with van der Waals surface area (Å²) < 4.78 is 26.0. The molecular weight excluding hydrogens is 276 g/mol. The number of benzene rings is 2. The number of ketones is 1. The first kappa shape index (κ1) is 13.1. The summed E-state index contributed by atoms with van der Waals surface area (Å²) in [6.45, 7) is 0. The molecule has 0 unspecified atom stereocenters. The predicted molar refractivity (Wildman–Crippen MR) is 71.1 cm³/mol. The molecule has 104 valence electrons. The molecule has 0 N–H and O–H groups in total. The molecule has 3 rings (SSSR count). The largest absolute Gasteiger partial charge is 0.287 e. The van der Waals surface area contributed by atoms with E-state index in [9.17, 15) is 13.6 Å². The van der Waals surface area contributed by atoms with Crippen molar-refractivity contribution >= 4 is 5.78 Å². The number of aromatic nitrogens is 3. The van der Waals surface area contributed by atoms with E-state index in [2.05, 4.69) is 10.2 Å². The fraction of sp³-hybridized carbons (Fsp3) is 0. The average molecular weight is 285 g/mol. The molecule has 1 aromatic heterocycles. The van der Waals surface area contributed by atoms with Crippen molar-refractivity contribution in [3.8, 4) is 5.69 Å². The van der Waals surface area contributed by atoms with Crippen LogP contribution in [-0.2, 0) is 0 Å². The maximum Gasteiger partial charge on any atom is 0.215 e. The Bertz CT molecular complexity index is 800. The van der Waals surface area contributed by atoms with Gasteiger partial charge in [0, 0.05) is 5.56 Å². The summed E-state index contributed by atoms with van der Waals surface area (Å²) in [5, 5.41) is 8.04. The van der Waals surface area contributed by atoms with Crippen molar-refractivity contribution in [2.75, 3.05) is 0 Å². The van der Waals surface area contributed by atoms with Crippen LogP contribution in [-0.4, -0.2) is 20.8 Å². The van der Waals surface area contributed by atoms with Crippen LogP contribution in [0.1, 0.15) is 16.1 Å². The van der Waals surface area contributed by atoms with Crippen molar-refractivity contribution in [2.24, 2.45) is 0 Å². The third kappa shape index (κ3) is 2.55. The summed E-state index contributed by atoms with van der Waals surface area (Å²) in [7, 11) is 0. The Labute approximate surface area is 118 Å².